The van der Waals surface area contributed by atoms with Crippen LogP contribution in [0, 0.1) is 11.3 Å². The number of fused-ring (bicyclic) bond motifs is 6. The standard InChI is InChI=1S/C50H36N4/c51-32-33-18-24-42-43-25-23-38(31-46(43)50(45(42)30-33)28-10-3-11-29-50)34-19-21-35(22-20-34)39-26-27-44(41-17-9-8-16-40(39)41)49-53-47(36-12-4-1-5-13-36)52-48(54-49)37-14-6-2-7-15-37/h1-2,4-9,12-27,30-31H,3,10-11,28-29H2. The van der Waals surface area contributed by atoms with Crippen molar-refractivity contribution in [3.05, 3.63) is 174 Å². The van der Waals surface area contributed by atoms with Crippen molar-refractivity contribution in [3.63, 3.8) is 0 Å². The van der Waals surface area contributed by atoms with Crippen LogP contribution < -0.4 is 0 Å². The van der Waals surface area contributed by atoms with Crippen molar-refractivity contribution >= 4 is 10.8 Å². The highest BCUT2D eigenvalue weighted by Gasteiger charge is 2.44. The van der Waals surface area contributed by atoms with Crippen molar-refractivity contribution < 1.29 is 0 Å². The van der Waals surface area contributed by atoms with Gasteiger partial charge in [0.25, 0.3) is 0 Å². The molecule has 1 saturated carbocycles. The summed E-state index contributed by atoms with van der Waals surface area (Å²) in [7, 11) is 0. The zero-order valence-corrected chi connectivity index (χ0v) is 29.8. The van der Waals surface area contributed by atoms with Crippen molar-refractivity contribution in [2.45, 2.75) is 37.5 Å². The summed E-state index contributed by atoms with van der Waals surface area (Å²) in [6.45, 7) is 0. The van der Waals surface area contributed by atoms with E-state index < -0.39 is 0 Å². The van der Waals surface area contributed by atoms with Gasteiger partial charge in [-0.1, -0.05) is 153 Å². The average Bonchev–Trinajstić information content (AvgIpc) is 3.51. The maximum Gasteiger partial charge on any atom is 0.164 e. The summed E-state index contributed by atoms with van der Waals surface area (Å²) in [5.74, 6) is 1.96. The van der Waals surface area contributed by atoms with E-state index >= 15 is 0 Å². The maximum absolute atomic E-state index is 9.74. The van der Waals surface area contributed by atoms with E-state index in [0.29, 0.717) is 17.5 Å². The van der Waals surface area contributed by atoms with Gasteiger partial charge in [0.15, 0.2) is 17.5 Å². The Morgan fingerprint density at radius 2 is 0.907 bits per heavy atom. The lowest BCUT2D eigenvalue weighted by Crippen LogP contribution is -2.28. The Morgan fingerprint density at radius 1 is 0.407 bits per heavy atom. The van der Waals surface area contributed by atoms with E-state index in [4.69, 9.17) is 15.0 Å². The second-order valence-corrected chi connectivity index (χ2v) is 14.6. The summed E-state index contributed by atoms with van der Waals surface area (Å²) in [4.78, 5) is 15.0. The molecule has 0 radical (unpaired) electrons. The van der Waals surface area contributed by atoms with Crippen LogP contribution in [0.4, 0.5) is 0 Å². The van der Waals surface area contributed by atoms with Crippen LogP contribution in [0.15, 0.2) is 158 Å². The van der Waals surface area contributed by atoms with Gasteiger partial charge in [-0.15, -0.1) is 0 Å². The summed E-state index contributed by atoms with van der Waals surface area (Å²) in [6.07, 6.45) is 5.99. The van der Waals surface area contributed by atoms with Crippen molar-refractivity contribution in [3.8, 4) is 73.6 Å². The quantitative estimate of drug-likeness (QED) is 0.180. The van der Waals surface area contributed by atoms with Gasteiger partial charge in [-0.3, -0.25) is 0 Å². The van der Waals surface area contributed by atoms with Crippen LogP contribution in [0.5, 0.6) is 0 Å². The first-order valence-electron chi connectivity index (χ1n) is 18.9. The van der Waals surface area contributed by atoms with Gasteiger partial charge in [-0.05, 0) is 92.4 Å². The van der Waals surface area contributed by atoms with Crippen molar-refractivity contribution in [1.29, 1.82) is 5.26 Å². The van der Waals surface area contributed by atoms with Gasteiger partial charge in [-0.25, -0.2) is 15.0 Å². The van der Waals surface area contributed by atoms with Crippen LogP contribution in [-0.4, -0.2) is 15.0 Å². The highest BCUT2D eigenvalue weighted by atomic mass is 15.0. The van der Waals surface area contributed by atoms with Crippen LogP contribution >= 0.6 is 0 Å². The predicted octanol–water partition coefficient (Wildman–Crippen LogP) is 12.5. The minimum atomic E-state index is -0.00532. The molecule has 0 atom stereocenters. The Morgan fingerprint density at radius 3 is 1.56 bits per heavy atom. The third kappa shape index (κ3) is 5.32. The molecular weight excluding hydrogens is 657 g/mol. The molecule has 256 valence electrons. The number of rotatable bonds is 5. The fraction of sp³-hybridized carbons (Fsp3) is 0.120. The molecular formula is C50H36N4. The molecule has 10 rings (SSSR count). The molecule has 54 heavy (non-hydrogen) atoms. The Hall–Kier alpha value is -6.70. The van der Waals surface area contributed by atoms with E-state index in [1.54, 1.807) is 0 Å². The Bertz CT molecular complexity index is 2680. The molecule has 0 bridgehead atoms. The summed E-state index contributed by atoms with van der Waals surface area (Å²) in [5, 5.41) is 12.0. The zero-order chi connectivity index (χ0) is 36.1. The van der Waals surface area contributed by atoms with E-state index in [1.165, 1.54) is 58.2 Å². The van der Waals surface area contributed by atoms with E-state index in [2.05, 4.69) is 97.1 Å². The molecule has 0 unspecified atom stereocenters. The number of nitrogens with zero attached hydrogens (tertiary/aromatic N) is 4. The molecule has 1 heterocycles. The molecule has 2 aliphatic carbocycles. The van der Waals surface area contributed by atoms with Gasteiger partial charge in [0.2, 0.25) is 0 Å². The van der Waals surface area contributed by atoms with Gasteiger partial charge >= 0.3 is 0 Å². The van der Waals surface area contributed by atoms with Gasteiger partial charge in [0.05, 0.1) is 11.6 Å². The van der Waals surface area contributed by atoms with Crippen molar-refractivity contribution in [1.82, 2.24) is 15.0 Å². The number of hydrogen-bond donors (Lipinski definition) is 0. The summed E-state index contributed by atoms with van der Waals surface area (Å²) in [6, 6.07) is 57.9. The molecule has 7 aromatic carbocycles. The molecule has 0 N–H and O–H groups in total. The predicted molar refractivity (Wildman–Crippen MR) is 219 cm³/mol. The van der Waals surface area contributed by atoms with Crippen LogP contribution in [0.3, 0.4) is 0 Å². The fourth-order valence-corrected chi connectivity index (χ4v) is 8.96. The second-order valence-electron chi connectivity index (χ2n) is 14.6. The molecule has 1 aromatic heterocycles. The summed E-state index contributed by atoms with van der Waals surface area (Å²) in [5.41, 5.74) is 13.8. The molecule has 0 saturated heterocycles. The average molecular weight is 693 g/mol. The Kier molecular flexibility index (Phi) is 7.74. The SMILES string of the molecule is N#Cc1ccc2c(c1)C1(CCCCC1)c1cc(-c3ccc(-c4ccc(-c5nc(-c6ccccc6)nc(-c6ccccc6)n5)c5ccccc45)cc3)ccc1-2. The van der Waals surface area contributed by atoms with Gasteiger partial charge in [0, 0.05) is 22.1 Å². The van der Waals surface area contributed by atoms with E-state index in [9.17, 15) is 5.26 Å². The topological polar surface area (TPSA) is 62.5 Å². The van der Waals surface area contributed by atoms with E-state index in [-0.39, 0.29) is 5.41 Å². The smallest absolute Gasteiger partial charge is 0.164 e. The third-order valence-corrected chi connectivity index (χ3v) is 11.6. The van der Waals surface area contributed by atoms with E-state index in [0.717, 1.165) is 51.4 Å². The van der Waals surface area contributed by atoms with Crippen LogP contribution in [0.2, 0.25) is 0 Å². The van der Waals surface area contributed by atoms with Crippen LogP contribution in [-0.2, 0) is 5.41 Å². The van der Waals surface area contributed by atoms with Gasteiger partial charge < -0.3 is 0 Å². The van der Waals surface area contributed by atoms with Crippen molar-refractivity contribution in [2.24, 2.45) is 0 Å². The normalized spacial score (nSPS) is 14.1. The molecule has 0 amide bonds. The summed E-state index contributed by atoms with van der Waals surface area (Å²) >= 11 is 0. The van der Waals surface area contributed by atoms with Gasteiger partial charge in [0.1, 0.15) is 0 Å². The molecule has 4 heteroatoms. The van der Waals surface area contributed by atoms with Crippen molar-refractivity contribution in [2.75, 3.05) is 0 Å². The maximum atomic E-state index is 9.74. The molecule has 8 aromatic rings. The lowest BCUT2D eigenvalue weighted by molar-refractivity contribution is 0.353. The lowest BCUT2D eigenvalue weighted by atomic mass is 9.67. The molecule has 4 nitrogen and oxygen atoms in total. The highest BCUT2D eigenvalue weighted by Crippen LogP contribution is 2.56. The number of aromatic nitrogens is 3. The Labute approximate surface area is 315 Å². The van der Waals surface area contributed by atoms with E-state index in [1.807, 2.05) is 66.7 Å². The largest absolute Gasteiger partial charge is 0.208 e. The minimum absolute atomic E-state index is 0.00532. The first-order chi connectivity index (χ1) is 26.7. The van der Waals surface area contributed by atoms with Gasteiger partial charge in [-0.2, -0.15) is 5.26 Å². The molecule has 1 spiro atoms. The monoisotopic (exact) mass is 692 g/mol. The number of benzene rings is 7. The highest BCUT2D eigenvalue weighted by molar-refractivity contribution is 6.04. The fourth-order valence-electron chi connectivity index (χ4n) is 8.96. The summed E-state index contributed by atoms with van der Waals surface area (Å²) < 4.78 is 0. The van der Waals surface area contributed by atoms with Crippen LogP contribution in [0.1, 0.15) is 48.8 Å². The zero-order valence-electron chi connectivity index (χ0n) is 29.8. The third-order valence-electron chi connectivity index (χ3n) is 11.6. The first kappa shape index (κ1) is 32.0. The number of nitriles is 1. The molecule has 0 aliphatic heterocycles. The molecule has 1 fully saturated rings. The minimum Gasteiger partial charge on any atom is -0.208 e. The second kappa shape index (κ2) is 13.1. The molecule has 2 aliphatic rings. The van der Waals surface area contributed by atoms with Crippen LogP contribution in [0.25, 0.3) is 78.3 Å². The lowest BCUT2D eigenvalue weighted by Gasteiger charge is -2.36. The first-order valence-corrected chi connectivity index (χ1v) is 18.9. The Balaban J connectivity index is 1.03. The number of hydrogen-bond acceptors (Lipinski definition) is 4.